The normalized spacial score (nSPS) is 17.2. The molecule has 0 heterocycles. The lowest BCUT2D eigenvalue weighted by atomic mass is 9.35. The second-order valence-corrected chi connectivity index (χ2v) is 4.11. The number of terminal acetylenes is 1. The predicted molar refractivity (Wildman–Crippen MR) is 85.2 cm³/mol. The summed E-state index contributed by atoms with van der Waals surface area (Å²) in [6.07, 6.45) is 4.71. The zero-order chi connectivity index (χ0) is 16.3. The molecule has 0 spiro atoms. The molecule has 1 atom stereocenters. The van der Waals surface area contributed by atoms with Gasteiger partial charge in [0, 0.05) is 0 Å². The van der Waals surface area contributed by atoms with Gasteiger partial charge in [-0.2, -0.15) is 0 Å². The van der Waals surface area contributed by atoms with Gasteiger partial charge in [0.2, 0.25) is 0 Å². The SMILES string of the molecule is [B]C/C(=C([B])\C([B])=C(\[B])C#C)C([B])([B])[C@]([B])(N)C(=O)O. The average molecular weight is 248 g/mol. The lowest BCUT2D eigenvalue weighted by Gasteiger charge is -2.43. The maximum atomic E-state index is 11.1. The van der Waals surface area contributed by atoms with Crippen LogP contribution in [0.15, 0.2) is 22.0 Å². The summed E-state index contributed by atoms with van der Waals surface area (Å²) in [5.41, 5.74) is 1.99. The molecule has 0 rings (SSSR count). The zero-order valence-corrected chi connectivity index (χ0v) is 10.8. The largest absolute Gasteiger partial charge is 0.480 e. The van der Waals surface area contributed by atoms with Crippen molar-refractivity contribution in [2.75, 3.05) is 0 Å². The first-order valence-corrected chi connectivity index (χ1v) is 5.25. The molecule has 0 aliphatic carbocycles. The summed E-state index contributed by atoms with van der Waals surface area (Å²) in [4.78, 5) is 11.1. The molecule has 0 unspecified atom stereocenters. The smallest absolute Gasteiger partial charge is 0.313 e. The molecule has 0 aliphatic rings. The fourth-order valence-corrected chi connectivity index (χ4v) is 1.31. The van der Waals surface area contributed by atoms with Crippen molar-refractivity contribution in [3.05, 3.63) is 22.0 Å². The topological polar surface area (TPSA) is 63.3 Å². The molecular weight excluding hydrogens is 242 g/mol. The van der Waals surface area contributed by atoms with Crippen LogP contribution in [0.25, 0.3) is 0 Å². The molecule has 0 aromatic carbocycles. The fraction of sp³-hybridized carbons (Fsp3) is 0.300. The summed E-state index contributed by atoms with van der Waals surface area (Å²) in [7, 11) is 39.0. The molecule has 0 aromatic rings. The lowest BCUT2D eigenvalue weighted by molar-refractivity contribution is -0.140. The van der Waals surface area contributed by atoms with Crippen molar-refractivity contribution in [2.24, 2.45) is 5.73 Å². The van der Waals surface area contributed by atoms with Gasteiger partial charge >= 0.3 is 5.97 Å². The second-order valence-electron chi connectivity index (χ2n) is 4.11. The second kappa shape index (κ2) is 6.58. The van der Waals surface area contributed by atoms with E-state index in [-0.39, 0.29) is 28.3 Å². The Morgan fingerprint density at radius 1 is 1.20 bits per heavy atom. The third-order valence-electron chi connectivity index (χ3n) is 2.80. The summed E-state index contributed by atoms with van der Waals surface area (Å²) in [6, 6.07) is 0. The number of hydrogen-bond acceptors (Lipinski definition) is 2. The van der Waals surface area contributed by atoms with Crippen LogP contribution in [0, 0.1) is 12.3 Å². The number of carboxylic acid groups (broad SMARTS) is 1. The van der Waals surface area contributed by atoms with E-state index < -0.39 is 16.6 Å². The van der Waals surface area contributed by atoms with Gasteiger partial charge in [-0.25, -0.2) is 0 Å². The van der Waals surface area contributed by atoms with Crippen LogP contribution in [0.1, 0.15) is 0 Å². The first-order chi connectivity index (χ1) is 8.94. The maximum Gasteiger partial charge on any atom is 0.313 e. The first kappa shape index (κ1) is 18.9. The molecule has 3 nitrogen and oxygen atoms in total. The highest BCUT2D eigenvalue weighted by atomic mass is 16.4. The molecule has 0 aromatic heterocycles. The Morgan fingerprint density at radius 3 is 1.95 bits per heavy atom. The Labute approximate surface area is 128 Å². The van der Waals surface area contributed by atoms with E-state index in [0.29, 0.717) is 0 Å². The number of hydrogen-bond donors (Lipinski definition) is 2. The molecule has 0 amide bonds. The number of nitrogens with two attached hydrogens (primary N) is 1. The van der Waals surface area contributed by atoms with Gasteiger partial charge in [-0.05, 0) is 0 Å². The van der Waals surface area contributed by atoms with E-state index in [2.05, 4.69) is 5.92 Å². The highest BCUT2D eigenvalue weighted by molar-refractivity contribution is 6.52. The van der Waals surface area contributed by atoms with Crippen LogP contribution in [-0.4, -0.2) is 71.4 Å². The van der Waals surface area contributed by atoms with Crippen LogP contribution in [0.3, 0.4) is 0 Å². The molecule has 3 N–H and O–H groups in total. The Kier molecular flexibility index (Phi) is 6.23. The molecule has 0 saturated carbocycles. The van der Waals surface area contributed by atoms with E-state index in [4.69, 9.17) is 72.2 Å². The number of allylic oxidation sites excluding steroid dienone is 3. The standard InChI is InChI=1S/C10H6B7NO2/c1-2-5(12)7(14)6(13)4(3-11)9(15,16)10(17,18)8(19)20/h1H,3,18H2,(H,19,20)/b6-4-,7-5-/t10-/m1/s1. The Balaban J connectivity index is 6.20. The van der Waals surface area contributed by atoms with Crippen molar-refractivity contribution in [1.82, 2.24) is 0 Å². The number of aliphatic carboxylic acids is 1. The van der Waals surface area contributed by atoms with Crippen molar-refractivity contribution in [1.29, 1.82) is 0 Å². The third-order valence-corrected chi connectivity index (χ3v) is 2.80. The number of rotatable bonds is 5. The van der Waals surface area contributed by atoms with Crippen LogP contribution < -0.4 is 5.73 Å². The minimum atomic E-state index is -2.54. The zero-order valence-electron chi connectivity index (χ0n) is 10.8. The molecule has 0 aliphatic heterocycles. The van der Waals surface area contributed by atoms with Crippen molar-refractivity contribution >= 4 is 60.9 Å². The minimum absolute atomic E-state index is 0.194. The van der Waals surface area contributed by atoms with E-state index in [1.807, 2.05) is 0 Å². The van der Waals surface area contributed by atoms with E-state index in [1.54, 1.807) is 0 Å². The van der Waals surface area contributed by atoms with E-state index in [1.165, 1.54) is 0 Å². The van der Waals surface area contributed by atoms with Crippen molar-refractivity contribution in [3.63, 3.8) is 0 Å². The molecule has 0 fully saturated rings. The quantitative estimate of drug-likeness (QED) is 0.322. The lowest BCUT2D eigenvalue weighted by Crippen LogP contribution is -2.59. The fourth-order valence-electron chi connectivity index (χ4n) is 1.31. The highest BCUT2D eigenvalue weighted by Gasteiger charge is 2.44. The van der Waals surface area contributed by atoms with Crippen LogP contribution in [0.2, 0.25) is 11.5 Å². The van der Waals surface area contributed by atoms with Gasteiger partial charge in [0.15, 0.2) is 0 Å². The molecule has 0 saturated heterocycles. The van der Waals surface area contributed by atoms with Gasteiger partial charge in [0.05, 0.1) is 29.0 Å². The molecule has 84 valence electrons. The molecule has 20 heavy (non-hydrogen) atoms. The number of carboxylic acids is 1. The molecule has 0 bridgehead atoms. The number of carbonyl (C=O) groups is 1. The monoisotopic (exact) mass is 249 g/mol. The predicted octanol–water partition coefficient (Wildman–Crippen LogP) is -2.46. The summed E-state index contributed by atoms with van der Waals surface area (Å²) >= 11 is 0. The van der Waals surface area contributed by atoms with E-state index >= 15 is 0 Å². The summed E-state index contributed by atoms with van der Waals surface area (Å²) in [5.74, 6) is 0.396. The van der Waals surface area contributed by atoms with Crippen LogP contribution in [-0.2, 0) is 4.79 Å². The van der Waals surface area contributed by atoms with Crippen LogP contribution in [0.5, 0.6) is 0 Å². The van der Waals surface area contributed by atoms with Crippen LogP contribution >= 0.6 is 0 Å². The Bertz CT molecular complexity index is 516. The van der Waals surface area contributed by atoms with Crippen LogP contribution in [0.4, 0.5) is 0 Å². The van der Waals surface area contributed by atoms with Crippen molar-refractivity contribution in [2.45, 2.75) is 17.0 Å². The van der Waals surface area contributed by atoms with E-state index in [9.17, 15) is 4.79 Å². The molecular formula is C10H6B7NO2. The maximum absolute atomic E-state index is 11.1. The van der Waals surface area contributed by atoms with E-state index in [0.717, 1.165) is 0 Å². The first-order valence-electron chi connectivity index (χ1n) is 5.25. The minimum Gasteiger partial charge on any atom is -0.480 e. The summed E-state index contributed by atoms with van der Waals surface area (Å²) in [5, 5.41) is 6.70. The van der Waals surface area contributed by atoms with Gasteiger partial charge in [-0.15, -0.1) is 17.4 Å². The highest BCUT2D eigenvalue weighted by Crippen LogP contribution is 2.40. The van der Waals surface area contributed by atoms with Crippen molar-refractivity contribution in [3.8, 4) is 12.3 Å². The van der Waals surface area contributed by atoms with Gasteiger partial charge in [-0.1, -0.05) is 28.5 Å². The average Bonchev–Trinajstić information content (AvgIpc) is 2.36. The van der Waals surface area contributed by atoms with Gasteiger partial charge in [0.1, 0.15) is 31.4 Å². The molecule has 14 radical (unpaired) electrons. The summed E-state index contributed by atoms with van der Waals surface area (Å²) < 4.78 is 0. The Morgan fingerprint density at radius 2 is 1.65 bits per heavy atom. The van der Waals surface area contributed by atoms with Gasteiger partial charge < -0.3 is 10.8 Å². The Hall–Kier alpha value is -1.08. The van der Waals surface area contributed by atoms with Gasteiger partial charge in [-0.3, -0.25) is 4.79 Å². The van der Waals surface area contributed by atoms with Gasteiger partial charge in [0.25, 0.3) is 0 Å². The summed E-state index contributed by atoms with van der Waals surface area (Å²) in [6.45, 7) is 0. The molecule has 10 heteroatoms. The third kappa shape index (κ3) is 3.33. The van der Waals surface area contributed by atoms with Crippen molar-refractivity contribution < 1.29 is 9.90 Å².